The molecular formula is C38H59Cl3N10O24. The van der Waals surface area contributed by atoms with Gasteiger partial charge in [0, 0.05) is 13.1 Å². The topological polar surface area (TPSA) is 564 Å². The number of carboxylic acid groups (broad SMARTS) is 5. The van der Waals surface area contributed by atoms with Gasteiger partial charge < -0.3 is 99.2 Å². The summed E-state index contributed by atoms with van der Waals surface area (Å²) in [5.74, 6) is -17.4. The van der Waals surface area contributed by atoms with Crippen molar-refractivity contribution in [1.82, 2.24) is 42.5 Å². The number of nitrogens with two attached hydrogens (primary N) is 2. The third-order valence-electron chi connectivity index (χ3n) is 8.08. The van der Waals surface area contributed by atoms with Crippen molar-refractivity contribution in [2.24, 2.45) is 11.5 Å². The van der Waals surface area contributed by atoms with E-state index in [0.29, 0.717) is 0 Å². The number of hydrogen-bond donors (Lipinski definition) is 17. The predicted octanol–water partition coefficient (Wildman–Crippen LogP) is -8.43. The Balaban J connectivity index is -0.00000129. The molecule has 75 heavy (non-hydrogen) atoms. The van der Waals surface area contributed by atoms with Crippen LogP contribution in [0, 0.1) is 0 Å². The molecule has 0 aliphatic heterocycles. The zero-order valence-corrected chi connectivity index (χ0v) is 41.6. The Hall–Kier alpha value is -7.24. The maximum Gasteiger partial charge on any atom is 0.326 e. The molecule has 19 N–H and O–H groups in total. The van der Waals surface area contributed by atoms with Gasteiger partial charge in [-0.25, -0.2) is 9.59 Å². The Bertz CT molecular complexity index is 1970. The number of aliphatic hydroxyl groups is 2. The first kappa shape index (κ1) is 72.0. The highest BCUT2D eigenvalue weighted by Crippen LogP contribution is 2.03. The minimum Gasteiger partial charge on any atom is -0.481 e. The van der Waals surface area contributed by atoms with Crippen molar-refractivity contribution in [2.45, 2.75) is 74.8 Å². The molecular weight excluding hydrogens is 1090 g/mol. The molecule has 0 aromatic carbocycles. The fraction of sp³-hybridized carbons (Fsp3) is 0.605. The van der Waals surface area contributed by atoms with Crippen molar-refractivity contribution < 1.29 is 117 Å². The smallest absolute Gasteiger partial charge is 0.326 e. The average Bonchev–Trinajstić information content (AvgIpc) is 3.33. The number of carbonyl (C=O) groups is 15. The summed E-state index contributed by atoms with van der Waals surface area (Å²) in [5, 5.41) is 77.9. The van der Waals surface area contributed by atoms with E-state index in [0.717, 1.165) is 0 Å². The lowest BCUT2D eigenvalue weighted by atomic mass is 10.1. The molecule has 0 aliphatic rings. The molecule has 0 aliphatic carbocycles. The molecule has 0 heterocycles. The van der Waals surface area contributed by atoms with Crippen LogP contribution in [0.5, 0.6) is 0 Å². The van der Waals surface area contributed by atoms with Crippen molar-refractivity contribution >= 4 is 124 Å². The molecule has 0 saturated carbocycles. The fourth-order valence-electron chi connectivity index (χ4n) is 4.73. The second-order valence-corrected chi connectivity index (χ2v) is 15.0. The molecule has 6 atom stereocenters. The molecule has 8 amide bonds. The normalized spacial score (nSPS) is 12.5. The summed E-state index contributed by atoms with van der Waals surface area (Å²) in [6.45, 7) is -1.77. The van der Waals surface area contributed by atoms with Gasteiger partial charge in [0.05, 0.1) is 76.9 Å². The maximum atomic E-state index is 12.6. The molecule has 0 spiro atoms. The van der Waals surface area contributed by atoms with Gasteiger partial charge in [-0.3, -0.25) is 62.3 Å². The molecule has 0 radical (unpaired) electrons. The summed E-state index contributed by atoms with van der Waals surface area (Å²) in [6.07, 6.45) is -4.63. The monoisotopic (exact) mass is 1140 g/mol. The number of carboxylic acids is 5. The minimum absolute atomic E-state index is 0.0929. The highest BCUT2D eigenvalue weighted by atomic mass is 35.5. The number of ether oxygens (including phenoxy) is 2. The van der Waals surface area contributed by atoms with Crippen molar-refractivity contribution in [3.63, 3.8) is 0 Å². The van der Waals surface area contributed by atoms with Gasteiger partial charge in [0.15, 0.2) is 0 Å². The third kappa shape index (κ3) is 39.0. The van der Waals surface area contributed by atoms with Crippen molar-refractivity contribution in [1.29, 1.82) is 0 Å². The summed E-state index contributed by atoms with van der Waals surface area (Å²) < 4.78 is 9.30. The van der Waals surface area contributed by atoms with Crippen LogP contribution in [0.4, 0.5) is 0 Å². The van der Waals surface area contributed by atoms with E-state index in [1.54, 1.807) is 0 Å². The van der Waals surface area contributed by atoms with Crippen LogP contribution in [0.15, 0.2) is 0 Å². The van der Waals surface area contributed by atoms with E-state index in [4.69, 9.17) is 82.0 Å². The van der Waals surface area contributed by atoms with Crippen molar-refractivity contribution in [2.75, 3.05) is 70.2 Å². The van der Waals surface area contributed by atoms with Crippen LogP contribution in [0.3, 0.4) is 0 Å². The van der Waals surface area contributed by atoms with Gasteiger partial charge >= 0.3 is 41.8 Å². The molecule has 426 valence electrons. The number of esters is 2. The molecule has 0 bridgehead atoms. The summed E-state index contributed by atoms with van der Waals surface area (Å²) in [7, 11) is 0. The lowest BCUT2D eigenvalue weighted by molar-refractivity contribution is -0.147. The third-order valence-corrected chi connectivity index (χ3v) is 8.75. The van der Waals surface area contributed by atoms with Crippen LogP contribution in [-0.4, -0.2) is 231 Å². The van der Waals surface area contributed by atoms with E-state index in [9.17, 15) is 71.9 Å². The number of halogens is 3. The Morgan fingerprint density at radius 1 is 0.387 bits per heavy atom. The number of aliphatic carboxylic acids is 5. The largest absolute Gasteiger partial charge is 0.481 e. The van der Waals surface area contributed by atoms with Crippen LogP contribution >= 0.6 is 34.8 Å². The molecule has 34 nitrogen and oxygen atoms in total. The van der Waals surface area contributed by atoms with Crippen LogP contribution in [0.2, 0.25) is 0 Å². The lowest BCUT2D eigenvalue weighted by Gasteiger charge is -2.21. The summed E-state index contributed by atoms with van der Waals surface area (Å²) >= 11 is 15.3. The average molecular weight is 1150 g/mol. The highest BCUT2D eigenvalue weighted by Gasteiger charge is 2.32. The zero-order valence-electron chi connectivity index (χ0n) is 39.3. The van der Waals surface area contributed by atoms with Gasteiger partial charge in [0.25, 0.3) is 0 Å². The van der Waals surface area contributed by atoms with E-state index in [1.807, 2.05) is 10.6 Å². The first-order chi connectivity index (χ1) is 35.1. The molecule has 0 saturated heterocycles. The van der Waals surface area contributed by atoms with Gasteiger partial charge in [0.1, 0.15) is 55.0 Å². The Labute approximate surface area is 438 Å². The van der Waals surface area contributed by atoms with Crippen LogP contribution in [-0.2, 0) is 81.4 Å². The van der Waals surface area contributed by atoms with E-state index in [1.165, 1.54) is 0 Å². The summed E-state index contributed by atoms with van der Waals surface area (Å²) in [5.41, 5.74) is 11.2. The van der Waals surface area contributed by atoms with E-state index in [2.05, 4.69) is 41.4 Å². The van der Waals surface area contributed by atoms with Crippen molar-refractivity contribution in [3.8, 4) is 0 Å². The minimum atomic E-state index is -1.88. The number of nitrogens with one attached hydrogen (secondary N) is 8. The Morgan fingerprint density at radius 3 is 1.01 bits per heavy atom. The zero-order chi connectivity index (χ0) is 58.2. The Kier molecular flexibility index (Phi) is 40.5. The fourth-order valence-corrected chi connectivity index (χ4v) is 4.88. The predicted molar refractivity (Wildman–Crippen MR) is 250 cm³/mol. The van der Waals surface area contributed by atoms with E-state index < -0.39 is 176 Å². The number of aliphatic hydroxyl groups excluding tert-OH is 2. The molecule has 37 heteroatoms. The van der Waals surface area contributed by atoms with Crippen LogP contribution < -0.4 is 54.0 Å². The summed E-state index contributed by atoms with van der Waals surface area (Å²) in [4.78, 5) is 173. The van der Waals surface area contributed by atoms with Gasteiger partial charge in [-0.15, -0.1) is 34.8 Å². The molecule has 0 rings (SSSR count). The number of rotatable bonds is 35. The van der Waals surface area contributed by atoms with E-state index in [-0.39, 0.29) is 57.8 Å². The van der Waals surface area contributed by atoms with Gasteiger partial charge in [-0.2, -0.15) is 0 Å². The molecule has 0 aromatic heterocycles. The second-order valence-electron chi connectivity index (χ2n) is 14.2. The standard InChI is InChI=1S/C20H29Cl2N5O12.C16H27N5O10.C2H3ClO2/c21-8-16(32)38-3-1-24-13(28)6-11(19(35)27-12(20(36)37)7-15(30)31)26-14(29)5-10(23)18(34)25-2-4-39-17(33)9-22;17-8(14(28)19-2-4-23)5-12(25)20-9(6-11(24)18-1-3-22)15(29)21-10(16(30)31)7-13(26)27;3-1-2(4)5/h10-12H,1-9,23H2,(H,24,28)(H,25,34)(H,26,29)(H,27,35)(H,30,31)(H,36,37);8-10,22-23H,1-7,17H2,(H,18,24)(H,19,28)(H,20,25)(H,21,29)(H,26,27)(H,30,31);1H2,(H,4,5). The number of carbonyl (C=O) groups excluding carboxylic acids is 10. The lowest BCUT2D eigenvalue weighted by Crippen LogP contribution is -2.54. The Morgan fingerprint density at radius 2 is 0.707 bits per heavy atom. The second kappa shape index (κ2) is 42.2. The first-order valence-corrected chi connectivity index (χ1v) is 22.8. The highest BCUT2D eigenvalue weighted by molar-refractivity contribution is 6.27. The molecule has 0 fully saturated rings. The van der Waals surface area contributed by atoms with Gasteiger partial charge in [-0.1, -0.05) is 0 Å². The number of amides is 8. The summed E-state index contributed by atoms with van der Waals surface area (Å²) in [6, 6.07) is -9.79. The first-order valence-electron chi connectivity index (χ1n) is 21.2. The number of hydrogen-bond acceptors (Lipinski definition) is 21. The van der Waals surface area contributed by atoms with Crippen LogP contribution in [0.1, 0.15) is 38.5 Å². The van der Waals surface area contributed by atoms with Crippen molar-refractivity contribution in [3.05, 3.63) is 0 Å². The number of alkyl halides is 3. The van der Waals surface area contributed by atoms with Gasteiger partial charge in [0.2, 0.25) is 47.3 Å². The maximum absolute atomic E-state index is 12.6. The van der Waals surface area contributed by atoms with E-state index >= 15 is 0 Å². The quantitative estimate of drug-likeness (QED) is 0.0159. The SMILES string of the molecule is NC(CC(=O)NC(CC(=O)NCCO)C(=O)NC(CC(=O)O)C(=O)O)C(=O)NCCO.NC(CC(=O)NC(CC(=O)NCCOC(=O)CCl)C(=O)NC(CC(=O)O)C(=O)O)C(=O)NCCOC(=O)CCl.O=C(O)CCl. The van der Waals surface area contributed by atoms with Crippen LogP contribution in [0.25, 0.3) is 0 Å². The van der Waals surface area contributed by atoms with Gasteiger partial charge in [-0.05, 0) is 0 Å². The molecule has 6 unspecified atom stereocenters. The molecule has 0 aromatic rings.